The fourth-order valence-corrected chi connectivity index (χ4v) is 7.64. The fraction of sp³-hybridized carbons (Fsp3) is 0.419. The van der Waals surface area contributed by atoms with Gasteiger partial charge in [-0.1, -0.05) is 72.4 Å². The molecule has 4 atom stereocenters. The van der Waals surface area contributed by atoms with Crippen molar-refractivity contribution < 1.29 is 20.1 Å². The topological polar surface area (TPSA) is 97.1 Å². The highest BCUT2D eigenvalue weighted by Crippen LogP contribution is 2.52. The number of pyridine rings is 1. The lowest BCUT2D eigenvalue weighted by atomic mass is 9.66. The SMILES string of the molecule is C[C@@H](CCN1SCCC1(O)O)N1C(=O)[C@](C)(Cc2cccc(O)n2)C[C@H](c2cccc(Cl)c2)[C@H]1c1ccc(Cl)cc1. The Morgan fingerprint density at radius 1 is 1.05 bits per heavy atom. The minimum atomic E-state index is -1.86. The molecule has 2 aliphatic heterocycles. The lowest BCUT2D eigenvalue weighted by Crippen LogP contribution is -2.56. The zero-order chi connectivity index (χ0) is 29.4. The first-order chi connectivity index (χ1) is 19.5. The van der Waals surface area contributed by atoms with E-state index in [2.05, 4.69) is 11.1 Å². The number of carbonyl (C=O) groups is 1. The number of halogens is 2. The molecule has 0 radical (unpaired) electrons. The van der Waals surface area contributed by atoms with Gasteiger partial charge in [0, 0.05) is 58.9 Å². The Morgan fingerprint density at radius 2 is 1.78 bits per heavy atom. The average molecular weight is 617 g/mol. The molecule has 2 fully saturated rings. The van der Waals surface area contributed by atoms with Crippen LogP contribution in [0.25, 0.3) is 0 Å². The van der Waals surface area contributed by atoms with E-state index in [4.69, 9.17) is 23.2 Å². The maximum Gasteiger partial charge on any atom is 0.235 e. The Kier molecular flexibility index (Phi) is 8.90. The van der Waals surface area contributed by atoms with Crippen molar-refractivity contribution in [3.8, 4) is 5.88 Å². The van der Waals surface area contributed by atoms with E-state index in [-0.39, 0.29) is 36.2 Å². The largest absolute Gasteiger partial charge is 0.493 e. The number of amides is 1. The van der Waals surface area contributed by atoms with E-state index in [1.54, 1.807) is 10.4 Å². The first kappa shape index (κ1) is 30.1. The Bertz CT molecular complexity index is 1390. The van der Waals surface area contributed by atoms with Crippen LogP contribution in [-0.2, 0) is 11.2 Å². The third-order valence-corrected chi connectivity index (χ3v) is 9.92. The summed E-state index contributed by atoms with van der Waals surface area (Å²) in [5.74, 6) is -1.42. The van der Waals surface area contributed by atoms with Gasteiger partial charge in [-0.15, -0.1) is 0 Å². The molecule has 0 unspecified atom stereocenters. The first-order valence-corrected chi connectivity index (χ1v) is 15.5. The third kappa shape index (κ3) is 6.53. The van der Waals surface area contributed by atoms with Gasteiger partial charge in [0.15, 0.2) is 0 Å². The lowest BCUT2D eigenvalue weighted by Gasteiger charge is -2.52. The Labute approximate surface area is 255 Å². The number of aliphatic hydroxyl groups is 2. The molecule has 41 heavy (non-hydrogen) atoms. The summed E-state index contributed by atoms with van der Waals surface area (Å²) in [6.45, 7) is 4.40. The van der Waals surface area contributed by atoms with Crippen LogP contribution in [0.5, 0.6) is 5.88 Å². The van der Waals surface area contributed by atoms with Crippen LogP contribution in [0.2, 0.25) is 10.0 Å². The molecule has 0 spiro atoms. The van der Waals surface area contributed by atoms with Crippen molar-refractivity contribution >= 4 is 41.1 Å². The zero-order valence-corrected chi connectivity index (χ0v) is 25.4. The molecule has 1 aromatic heterocycles. The molecule has 3 aromatic rings. The summed E-state index contributed by atoms with van der Waals surface area (Å²) in [7, 11) is 0. The second-order valence-electron chi connectivity index (χ2n) is 11.4. The van der Waals surface area contributed by atoms with E-state index in [0.717, 1.165) is 11.1 Å². The van der Waals surface area contributed by atoms with Crippen molar-refractivity contribution in [1.82, 2.24) is 14.2 Å². The normalized spacial score (nSPS) is 25.4. The number of aromatic nitrogens is 1. The van der Waals surface area contributed by atoms with Gasteiger partial charge in [0.25, 0.3) is 0 Å². The maximum atomic E-state index is 14.7. The Hall–Kier alpha value is -2.33. The molecule has 2 aliphatic rings. The van der Waals surface area contributed by atoms with Crippen molar-refractivity contribution in [2.45, 2.75) is 63.4 Å². The van der Waals surface area contributed by atoms with Crippen LogP contribution in [0.4, 0.5) is 0 Å². The zero-order valence-electron chi connectivity index (χ0n) is 23.1. The van der Waals surface area contributed by atoms with E-state index in [1.807, 2.05) is 67.3 Å². The van der Waals surface area contributed by atoms with E-state index in [9.17, 15) is 20.1 Å². The Balaban J connectivity index is 1.58. The van der Waals surface area contributed by atoms with Gasteiger partial charge in [0.1, 0.15) is 0 Å². The van der Waals surface area contributed by atoms with Crippen LogP contribution in [0.1, 0.15) is 61.9 Å². The number of piperidine rings is 1. The number of rotatable bonds is 8. The monoisotopic (exact) mass is 615 g/mol. The number of hydrogen-bond acceptors (Lipinski definition) is 7. The summed E-state index contributed by atoms with van der Waals surface area (Å²) in [6.07, 6.45) is 1.70. The third-order valence-electron chi connectivity index (χ3n) is 8.26. The second-order valence-corrected chi connectivity index (χ2v) is 13.4. The highest BCUT2D eigenvalue weighted by Gasteiger charge is 2.51. The minimum Gasteiger partial charge on any atom is -0.493 e. The molecule has 2 saturated heterocycles. The summed E-state index contributed by atoms with van der Waals surface area (Å²) in [5, 5.41) is 32.1. The highest BCUT2D eigenvalue weighted by atomic mass is 35.5. The molecule has 218 valence electrons. The predicted molar refractivity (Wildman–Crippen MR) is 163 cm³/mol. The number of benzene rings is 2. The van der Waals surface area contributed by atoms with Crippen LogP contribution >= 0.6 is 35.1 Å². The molecular weight excluding hydrogens is 581 g/mol. The van der Waals surface area contributed by atoms with Gasteiger partial charge >= 0.3 is 0 Å². The molecule has 3 heterocycles. The fourth-order valence-electron chi connectivity index (χ4n) is 6.20. The Morgan fingerprint density at radius 3 is 2.44 bits per heavy atom. The summed E-state index contributed by atoms with van der Waals surface area (Å²) in [4.78, 5) is 20.9. The van der Waals surface area contributed by atoms with Crippen LogP contribution < -0.4 is 0 Å². The molecule has 10 heteroatoms. The summed E-state index contributed by atoms with van der Waals surface area (Å²) in [6, 6.07) is 20.0. The lowest BCUT2D eigenvalue weighted by molar-refractivity contribution is -0.223. The van der Waals surface area contributed by atoms with Gasteiger partial charge in [0.2, 0.25) is 17.7 Å². The van der Waals surface area contributed by atoms with Crippen LogP contribution in [-0.4, -0.2) is 59.7 Å². The van der Waals surface area contributed by atoms with Crippen molar-refractivity contribution in [3.05, 3.63) is 93.6 Å². The molecule has 0 saturated carbocycles. The van der Waals surface area contributed by atoms with E-state index in [0.29, 0.717) is 47.3 Å². The van der Waals surface area contributed by atoms with Crippen LogP contribution in [0.15, 0.2) is 66.7 Å². The molecule has 0 aliphatic carbocycles. The quantitative estimate of drug-likeness (QED) is 0.206. The molecule has 1 amide bonds. The molecule has 0 bridgehead atoms. The molecule has 7 nitrogen and oxygen atoms in total. The van der Waals surface area contributed by atoms with E-state index in [1.165, 1.54) is 18.0 Å². The van der Waals surface area contributed by atoms with Crippen molar-refractivity contribution in [3.63, 3.8) is 0 Å². The smallest absolute Gasteiger partial charge is 0.235 e. The number of aromatic hydroxyl groups is 1. The van der Waals surface area contributed by atoms with E-state index < -0.39 is 11.3 Å². The number of nitrogens with zero attached hydrogens (tertiary/aromatic N) is 3. The summed E-state index contributed by atoms with van der Waals surface area (Å²) in [5.41, 5.74) is 1.80. The van der Waals surface area contributed by atoms with Crippen LogP contribution in [0, 0.1) is 5.41 Å². The van der Waals surface area contributed by atoms with Crippen molar-refractivity contribution in [1.29, 1.82) is 0 Å². The van der Waals surface area contributed by atoms with E-state index >= 15 is 0 Å². The molecule has 2 aromatic carbocycles. The number of carbonyl (C=O) groups excluding carboxylic acids is 1. The standard InChI is InChI=1S/C31H35Cl2N3O4S/c1-20(13-15-35-31(39,40)14-16-41-35)36-28(21-9-11-23(32)12-10-21)26(22-5-3-6-24(33)17-22)19-30(2,29(36)38)18-25-7-4-8-27(37)34-25/h3-12,17,20,26,28,39-40H,13-16,18-19H2,1-2H3,(H,34,37)/t20-,26+,28+,30+/m0/s1. The second kappa shape index (κ2) is 12.1. The number of likely N-dealkylation sites (tertiary alicyclic amines) is 1. The van der Waals surface area contributed by atoms with Crippen LogP contribution in [0.3, 0.4) is 0 Å². The van der Waals surface area contributed by atoms with Gasteiger partial charge in [-0.05, 0) is 61.2 Å². The summed E-state index contributed by atoms with van der Waals surface area (Å²) >= 11 is 14.2. The maximum absolute atomic E-state index is 14.7. The minimum absolute atomic E-state index is 0.0123. The molecule has 3 N–H and O–H groups in total. The van der Waals surface area contributed by atoms with Gasteiger partial charge in [-0.2, -0.15) is 4.31 Å². The van der Waals surface area contributed by atoms with Gasteiger partial charge in [0.05, 0.1) is 11.5 Å². The van der Waals surface area contributed by atoms with Crippen molar-refractivity contribution in [2.75, 3.05) is 12.3 Å². The summed E-state index contributed by atoms with van der Waals surface area (Å²) < 4.78 is 1.60. The van der Waals surface area contributed by atoms with Gasteiger partial charge < -0.3 is 20.2 Å². The number of hydrogen-bond donors (Lipinski definition) is 3. The van der Waals surface area contributed by atoms with Gasteiger partial charge in [-0.25, -0.2) is 4.98 Å². The molecular formula is C31H35Cl2N3O4S. The first-order valence-electron chi connectivity index (χ1n) is 13.8. The molecule has 5 rings (SSSR count). The average Bonchev–Trinajstić information content (AvgIpc) is 3.26. The highest BCUT2D eigenvalue weighted by molar-refractivity contribution is 7.97. The van der Waals surface area contributed by atoms with Crippen molar-refractivity contribution in [2.24, 2.45) is 5.41 Å². The van der Waals surface area contributed by atoms with Gasteiger partial charge in [-0.3, -0.25) is 4.79 Å². The predicted octanol–water partition coefficient (Wildman–Crippen LogP) is 6.17.